The first-order valence-electron chi connectivity index (χ1n) is 9.48. The molecule has 10 heteroatoms. The van der Waals surface area contributed by atoms with Gasteiger partial charge in [0.25, 0.3) is 11.5 Å². The van der Waals surface area contributed by atoms with Crippen molar-refractivity contribution in [1.29, 1.82) is 0 Å². The molecule has 3 aromatic rings. The number of halogens is 3. The van der Waals surface area contributed by atoms with Crippen molar-refractivity contribution in [3.8, 4) is 5.69 Å². The van der Waals surface area contributed by atoms with Gasteiger partial charge in [-0.05, 0) is 35.8 Å². The van der Waals surface area contributed by atoms with Crippen LogP contribution >= 0.6 is 11.5 Å². The smallest absolute Gasteiger partial charge is 0.378 e. The monoisotopic (exact) mass is 449 g/mol. The number of para-hydroxylation sites is 2. The zero-order valence-electron chi connectivity index (χ0n) is 16.2. The number of carbonyl (C=O) groups is 1. The van der Waals surface area contributed by atoms with E-state index in [1.165, 1.54) is 27.1 Å². The van der Waals surface area contributed by atoms with Gasteiger partial charge in [-0.15, -0.1) is 0 Å². The molecule has 0 unspecified atom stereocenters. The molecule has 0 atom stereocenters. The van der Waals surface area contributed by atoms with Crippen LogP contribution in [0.1, 0.15) is 15.9 Å². The summed E-state index contributed by atoms with van der Waals surface area (Å²) < 4.78 is 46.9. The Morgan fingerprint density at radius 1 is 1.00 bits per heavy atom. The molecule has 1 fully saturated rings. The van der Waals surface area contributed by atoms with Gasteiger partial charge >= 0.3 is 6.18 Å². The number of nitrogens with one attached hydrogen (secondary N) is 1. The summed E-state index contributed by atoms with van der Waals surface area (Å²) in [5.41, 5.74) is -1.36. The Kier molecular flexibility index (Phi) is 5.84. The van der Waals surface area contributed by atoms with Gasteiger partial charge in [0.05, 0.1) is 30.2 Å². The lowest BCUT2D eigenvalue weighted by atomic mass is 10.1. The molecule has 6 nitrogen and oxygen atoms in total. The molecule has 0 bridgehead atoms. The highest BCUT2D eigenvalue weighted by Crippen LogP contribution is 2.37. The lowest BCUT2D eigenvalue weighted by Crippen LogP contribution is -2.42. The second-order valence-corrected chi connectivity index (χ2v) is 7.76. The third kappa shape index (κ3) is 4.35. The SMILES string of the molecule is O=C(c1c(Nc2ccccc2C(F)(F)F)sn(-c2ccccc2)c1=O)N1CCOCC1. The average Bonchev–Trinajstić information content (AvgIpc) is 3.10. The van der Waals surface area contributed by atoms with Gasteiger partial charge in [-0.3, -0.25) is 9.59 Å². The number of nitrogens with zero attached hydrogens (tertiary/aromatic N) is 2. The molecule has 0 radical (unpaired) electrons. The highest BCUT2D eigenvalue weighted by Gasteiger charge is 2.34. The molecule has 1 aliphatic heterocycles. The third-order valence-electron chi connectivity index (χ3n) is 4.79. The van der Waals surface area contributed by atoms with Crippen LogP contribution in [0.2, 0.25) is 0 Å². The van der Waals surface area contributed by atoms with E-state index in [1.807, 2.05) is 0 Å². The van der Waals surface area contributed by atoms with E-state index in [9.17, 15) is 22.8 Å². The van der Waals surface area contributed by atoms with E-state index in [1.54, 1.807) is 30.3 Å². The molecule has 31 heavy (non-hydrogen) atoms. The Balaban J connectivity index is 1.82. The molecule has 162 valence electrons. The first-order valence-corrected chi connectivity index (χ1v) is 10.3. The number of alkyl halides is 3. The Morgan fingerprint density at radius 2 is 1.65 bits per heavy atom. The maximum Gasteiger partial charge on any atom is 0.418 e. The Morgan fingerprint density at radius 3 is 2.32 bits per heavy atom. The maximum absolute atomic E-state index is 13.5. The van der Waals surface area contributed by atoms with Crippen LogP contribution < -0.4 is 10.9 Å². The molecular formula is C21H18F3N3O3S. The summed E-state index contributed by atoms with van der Waals surface area (Å²) in [5.74, 6) is -0.536. The van der Waals surface area contributed by atoms with Crippen molar-refractivity contribution < 1.29 is 22.7 Å². The molecule has 0 aliphatic carbocycles. The zero-order chi connectivity index (χ0) is 22.0. The second-order valence-electron chi connectivity index (χ2n) is 6.80. The molecule has 2 heterocycles. The van der Waals surface area contributed by atoms with Crippen molar-refractivity contribution in [3.05, 3.63) is 76.1 Å². The first kappa shape index (κ1) is 21.1. The highest BCUT2D eigenvalue weighted by molar-refractivity contribution is 7.11. The van der Waals surface area contributed by atoms with Crippen LogP contribution in [-0.2, 0) is 10.9 Å². The number of hydrogen-bond acceptors (Lipinski definition) is 5. The lowest BCUT2D eigenvalue weighted by Gasteiger charge is -2.26. The summed E-state index contributed by atoms with van der Waals surface area (Å²) in [5, 5.41) is 2.76. The van der Waals surface area contributed by atoms with Gasteiger partial charge in [-0.1, -0.05) is 30.3 Å². The Labute approximate surface area is 179 Å². The molecule has 1 aliphatic rings. The predicted molar refractivity (Wildman–Crippen MR) is 111 cm³/mol. The number of hydrogen-bond donors (Lipinski definition) is 1. The predicted octanol–water partition coefficient (Wildman–Crippen LogP) is 4.13. The fourth-order valence-corrected chi connectivity index (χ4v) is 4.28. The number of ether oxygens (including phenoxy) is 1. The average molecular weight is 449 g/mol. The van der Waals surface area contributed by atoms with Crippen molar-refractivity contribution in [1.82, 2.24) is 8.86 Å². The molecule has 4 rings (SSSR count). The molecule has 1 aromatic heterocycles. The van der Waals surface area contributed by atoms with E-state index in [4.69, 9.17) is 4.74 Å². The minimum Gasteiger partial charge on any atom is -0.378 e. The van der Waals surface area contributed by atoms with Crippen molar-refractivity contribution >= 4 is 28.1 Å². The highest BCUT2D eigenvalue weighted by atomic mass is 32.1. The van der Waals surface area contributed by atoms with E-state index < -0.39 is 23.2 Å². The van der Waals surface area contributed by atoms with Gasteiger partial charge in [0.2, 0.25) is 0 Å². The van der Waals surface area contributed by atoms with Crippen LogP contribution in [0.25, 0.3) is 5.69 Å². The quantitative estimate of drug-likeness (QED) is 0.651. The van der Waals surface area contributed by atoms with Gasteiger partial charge in [-0.2, -0.15) is 13.2 Å². The van der Waals surface area contributed by atoms with Crippen LogP contribution in [0.15, 0.2) is 59.4 Å². The van der Waals surface area contributed by atoms with Crippen LogP contribution in [-0.4, -0.2) is 41.1 Å². The maximum atomic E-state index is 13.5. The van der Waals surface area contributed by atoms with E-state index >= 15 is 0 Å². The van der Waals surface area contributed by atoms with Crippen LogP contribution in [0, 0.1) is 0 Å². The van der Waals surface area contributed by atoms with E-state index in [0.717, 1.165) is 17.6 Å². The van der Waals surface area contributed by atoms with E-state index in [-0.39, 0.29) is 16.3 Å². The van der Waals surface area contributed by atoms with Crippen LogP contribution in [0.5, 0.6) is 0 Å². The Hall–Kier alpha value is -3.11. The van der Waals surface area contributed by atoms with Crippen molar-refractivity contribution in [2.75, 3.05) is 31.6 Å². The van der Waals surface area contributed by atoms with Gasteiger partial charge in [0.1, 0.15) is 10.6 Å². The topological polar surface area (TPSA) is 63.6 Å². The van der Waals surface area contributed by atoms with Gasteiger partial charge < -0.3 is 15.0 Å². The first-order chi connectivity index (χ1) is 14.9. The molecule has 1 amide bonds. The fourth-order valence-electron chi connectivity index (χ4n) is 3.27. The standard InChI is InChI=1S/C21H18F3N3O3S/c22-21(23,24)15-8-4-5-9-16(15)25-18-17(19(28)26-10-12-30-13-11-26)20(29)27(31-18)14-6-2-1-3-7-14/h1-9,25H,10-13H2. The molecule has 1 N–H and O–H groups in total. The minimum atomic E-state index is -4.59. The van der Waals surface area contributed by atoms with Gasteiger partial charge in [0, 0.05) is 13.1 Å². The molecule has 0 spiro atoms. The normalized spacial score (nSPS) is 14.5. The second kappa shape index (κ2) is 8.56. The zero-order valence-corrected chi connectivity index (χ0v) is 17.0. The van der Waals surface area contributed by atoms with Crippen LogP contribution in [0.3, 0.4) is 0 Å². The summed E-state index contributed by atoms with van der Waals surface area (Å²) in [6.45, 7) is 1.28. The van der Waals surface area contributed by atoms with Crippen molar-refractivity contribution in [2.24, 2.45) is 0 Å². The van der Waals surface area contributed by atoms with E-state index in [0.29, 0.717) is 32.0 Å². The summed E-state index contributed by atoms with van der Waals surface area (Å²) >= 11 is 0.893. The summed E-state index contributed by atoms with van der Waals surface area (Å²) in [6.07, 6.45) is -4.59. The van der Waals surface area contributed by atoms with Gasteiger partial charge in [0.15, 0.2) is 0 Å². The minimum absolute atomic E-state index is 0.0574. The molecule has 0 saturated carbocycles. The van der Waals surface area contributed by atoms with E-state index in [2.05, 4.69) is 5.32 Å². The number of aromatic nitrogens is 1. The number of carbonyl (C=O) groups excluding carboxylic acids is 1. The molecule has 1 saturated heterocycles. The summed E-state index contributed by atoms with van der Waals surface area (Å²) in [6, 6.07) is 13.6. The number of benzene rings is 2. The number of amides is 1. The fraction of sp³-hybridized carbons (Fsp3) is 0.238. The number of morpholine rings is 1. The summed E-state index contributed by atoms with van der Waals surface area (Å²) in [7, 11) is 0. The third-order valence-corrected chi connectivity index (χ3v) is 5.84. The Bertz CT molecular complexity index is 1140. The largest absolute Gasteiger partial charge is 0.418 e. The van der Waals surface area contributed by atoms with Crippen molar-refractivity contribution in [3.63, 3.8) is 0 Å². The van der Waals surface area contributed by atoms with Crippen LogP contribution in [0.4, 0.5) is 23.9 Å². The number of anilines is 2. The molecular weight excluding hydrogens is 431 g/mol. The number of rotatable bonds is 4. The summed E-state index contributed by atoms with van der Waals surface area (Å²) in [4.78, 5) is 27.8. The van der Waals surface area contributed by atoms with Crippen molar-refractivity contribution in [2.45, 2.75) is 6.18 Å². The lowest BCUT2D eigenvalue weighted by molar-refractivity contribution is -0.136. The van der Waals surface area contributed by atoms with Gasteiger partial charge in [-0.25, -0.2) is 3.96 Å². The molecule has 2 aromatic carbocycles.